The molecule has 24 heavy (non-hydrogen) atoms. The molecule has 1 amide bonds. The molecule has 2 unspecified atom stereocenters. The highest BCUT2D eigenvalue weighted by Gasteiger charge is 2.44. The summed E-state index contributed by atoms with van der Waals surface area (Å²) >= 11 is 1.35. The Hall–Kier alpha value is -1.96. The van der Waals surface area contributed by atoms with Gasteiger partial charge in [-0.1, -0.05) is 30.4 Å². The zero-order chi connectivity index (χ0) is 17.3. The van der Waals surface area contributed by atoms with Gasteiger partial charge >= 0.3 is 6.18 Å². The quantitative estimate of drug-likeness (QED) is 0.872. The summed E-state index contributed by atoms with van der Waals surface area (Å²) in [5, 5.41) is 12.0. The first-order valence-electron chi connectivity index (χ1n) is 7.69. The Labute approximate surface area is 141 Å². The van der Waals surface area contributed by atoms with E-state index >= 15 is 0 Å². The average molecular weight is 355 g/mol. The van der Waals surface area contributed by atoms with Crippen molar-refractivity contribution in [3.05, 3.63) is 40.4 Å². The first-order chi connectivity index (χ1) is 11.4. The molecule has 4 nitrogen and oxygen atoms in total. The lowest BCUT2D eigenvalue weighted by molar-refractivity contribution is -0.137. The molecule has 3 rings (SSSR count). The topological polar surface area (TPSA) is 54.9 Å². The van der Waals surface area contributed by atoms with Crippen LogP contribution in [0.2, 0.25) is 0 Å². The van der Waals surface area contributed by atoms with Crippen molar-refractivity contribution in [3.8, 4) is 0 Å². The number of halogens is 3. The van der Waals surface area contributed by atoms with E-state index in [1.54, 1.807) is 0 Å². The number of hydrogen-bond acceptors (Lipinski definition) is 4. The number of alkyl halides is 3. The Morgan fingerprint density at radius 2 is 2.00 bits per heavy atom. The van der Waals surface area contributed by atoms with Gasteiger partial charge in [-0.25, -0.2) is 0 Å². The molecule has 1 aliphatic carbocycles. The number of rotatable bonds is 5. The first-order valence-corrected chi connectivity index (χ1v) is 8.50. The molecule has 0 aliphatic heterocycles. The SMILES string of the molecule is CCCc1nnc(NC(=O)C2CC2c2ccc(C(F)(F)F)cc2)s1. The molecule has 0 spiro atoms. The summed E-state index contributed by atoms with van der Waals surface area (Å²) in [6, 6.07) is 5.02. The maximum absolute atomic E-state index is 12.6. The standard InChI is InChI=1S/C16H16F3N3OS/c1-2-3-13-21-22-15(24-13)20-14(23)12-8-11(12)9-4-6-10(7-5-9)16(17,18)19/h4-7,11-12H,2-3,8H2,1H3,(H,20,22,23). The summed E-state index contributed by atoms with van der Waals surface area (Å²) < 4.78 is 37.7. The number of hydrogen-bond donors (Lipinski definition) is 1. The van der Waals surface area contributed by atoms with Gasteiger partial charge in [-0.05, 0) is 36.5 Å². The second kappa shape index (κ2) is 6.51. The third kappa shape index (κ3) is 3.75. The van der Waals surface area contributed by atoms with Crippen LogP contribution in [0.25, 0.3) is 0 Å². The molecule has 1 heterocycles. The van der Waals surface area contributed by atoms with Crippen LogP contribution in [0, 0.1) is 5.92 Å². The summed E-state index contributed by atoms with van der Waals surface area (Å²) in [4.78, 5) is 12.2. The molecule has 1 aromatic heterocycles. The first kappa shape index (κ1) is 16.9. The summed E-state index contributed by atoms with van der Waals surface area (Å²) in [7, 11) is 0. The van der Waals surface area contributed by atoms with Crippen LogP contribution in [0.1, 0.15) is 41.8 Å². The zero-order valence-corrected chi connectivity index (χ0v) is 13.7. The molecule has 8 heteroatoms. The van der Waals surface area contributed by atoms with E-state index in [2.05, 4.69) is 15.5 Å². The van der Waals surface area contributed by atoms with E-state index < -0.39 is 11.7 Å². The number of nitrogens with zero attached hydrogens (tertiary/aromatic N) is 2. The Morgan fingerprint density at radius 3 is 2.62 bits per heavy atom. The van der Waals surface area contributed by atoms with Crippen molar-refractivity contribution < 1.29 is 18.0 Å². The highest BCUT2D eigenvalue weighted by atomic mass is 32.1. The fraction of sp³-hybridized carbons (Fsp3) is 0.438. The van der Waals surface area contributed by atoms with Gasteiger partial charge in [0.25, 0.3) is 0 Å². The predicted molar refractivity (Wildman–Crippen MR) is 84.8 cm³/mol. The summed E-state index contributed by atoms with van der Waals surface area (Å²) in [5.74, 6) is -0.408. The maximum Gasteiger partial charge on any atom is 0.416 e. The van der Waals surface area contributed by atoms with Crippen LogP contribution < -0.4 is 5.32 Å². The average Bonchev–Trinajstić information content (AvgIpc) is 3.22. The van der Waals surface area contributed by atoms with E-state index in [1.165, 1.54) is 23.5 Å². The third-order valence-corrected chi connectivity index (χ3v) is 4.85. The largest absolute Gasteiger partial charge is 0.416 e. The van der Waals surface area contributed by atoms with Crippen LogP contribution in [-0.2, 0) is 17.4 Å². The summed E-state index contributed by atoms with van der Waals surface area (Å²) in [5.41, 5.74) is 0.0808. The number of nitrogens with one attached hydrogen (secondary N) is 1. The molecule has 1 fully saturated rings. The van der Waals surface area contributed by atoms with Gasteiger partial charge in [0.1, 0.15) is 5.01 Å². The predicted octanol–water partition coefficient (Wildman–Crippen LogP) is 4.25. The van der Waals surface area contributed by atoms with Crippen LogP contribution >= 0.6 is 11.3 Å². The lowest BCUT2D eigenvalue weighted by Crippen LogP contribution is -2.14. The fourth-order valence-electron chi connectivity index (χ4n) is 2.59. The molecular formula is C16H16F3N3OS. The fourth-order valence-corrected chi connectivity index (χ4v) is 3.43. The highest BCUT2D eigenvalue weighted by molar-refractivity contribution is 7.15. The molecule has 0 radical (unpaired) electrons. The third-order valence-electron chi connectivity index (χ3n) is 3.95. The Bertz CT molecular complexity index is 727. The van der Waals surface area contributed by atoms with E-state index in [-0.39, 0.29) is 17.7 Å². The van der Waals surface area contributed by atoms with Crippen LogP contribution in [0.5, 0.6) is 0 Å². The van der Waals surface area contributed by atoms with Gasteiger partial charge in [0, 0.05) is 12.3 Å². The van der Waals surface area contributed by atoms with Crippen molar-refractivity contribution >= 4 is 22.4 Å². The maximum atomic E-state index is 12.6. The van der Waals surface area contributed by atoms with Gasteiger partial charge in [0.15, 0.2) is 0 Å². The van der Waals surface area contributed by atoms with Gasteiger partial charge in [-0.3, -0.25) is 4.79 Å². The molecule has 1 aliphatic rings. The zero-order valence-electron chi connectivity index (χ0n) is 12.9. The Morgan fingerprint density at radius 1 is 1.29 bits per heavy atom. The minimum Gasteiger partial charge on any atom is -0.300 e. The number of carbonyl (C=O) groups excluding carboxylic acids is 1. The molecule has 2 atom stereocenters. The molecule has 0 bridgehead atoms. The van der Waals surface area contributed by atoms with E-state index in [9.17, 15) is 18.0 Å². The lowest BCUT2D eigenvalue weighted by Gasteiger charge is -2.07. The van der Waals surface area contributed by atoms with Gasteiger partial charge in [-0.2, -0.15) is 13.2 Å². The highest BCUT2D eigenvalue weighted by Crippen LogP contribution is 2.48. The molecule has 1 N–H and O–H groups in total. The van der Waals surface area contributed by atoms with Gasteiger partial charge < -0.3 is 5.32 Å². The Balaban J connectivity index is 1.59. The normalized spacial score (nSPS) is 20.0. The van der Waals surface area contributed by atoms with Crippen LogP contribution in [0.3, 0.4) is 0 Å². The van der Waals surface area contributed by atoms with Crippen LogP contribution in [-0.4, -0.2) is 16.1 Å². The summed E-state index contributed by atoms with van der Waals surface area (Å²) in [6.45, 7) is 2.04. The number of amides is 1. The van der Waals surface area contributed by atoms with Crippen LogP contribution in [0.15, 0.2) is 24.3 Å². The molecule has 2 aromatic rings. The summed E-state index contributed by atoms with van der Waals surface area (Å²) in [6.07, 6.45) is -1.92. The minimum absolute atomic E-state index is 0.0321. The van der Waals surface area contributed by atoms with Crippen molar-refractivity contribution in [2.75, 3.05) is 5.32 Å². The number of benzene rings is 1. The number of aromatic nitrogens is 2. The van der Waals surface area contributed by atoms with Gasteiger partial charge in [0.2, 0.25) is 11.0 Å². The van der Waals surface area contributed by atoms with E-state index in [0.29, 0.717) is 11.6 Å². The molecule has 1 saturated carbocycles. The molecule has 128 valence electrons. The second-order valence-electron chi connectivity index (χ2n) is 5.81. The van der Waals surface area contributed by atoms with Crippen molar-refractivity contribution in [3.63, 3.8) is 0 Å². The van der Waals surface area contributed by atoms with Crippen molar-refractivity contribution in [1.29, 1.82) is 0 Å². The van der Waals surface area contributed by atoms with Crippen LogP contribution in [0.4, 0.5) is 18.3 Å². The van der Waals surface area contributed by atoms with E-state index in [1.807, 2.05) is 6.92 Å². The number of carbonyl (C=O) groups is 1. The second-order valence-corrected chi connectivity index (χ2v) is 6.87. The Kier molecular flexibility index (Phi) is 4.58. The molecular weight excluding hydrogens is 339 g/mol. The molecule has 0 saturated heterocycles. The lowest BCUT2D eigenvalue weighted by atomic mass is 10.1. The van der Waals surface area contributed by atoms with E-state index in [0.717, 1.165) is 35.5 Å². The number of aryl methyl sites for hydroxylation is 1. The van der Waals surface area contributed by atoms with E-state index in [4.69, 9.17) is 0 Å². The van der Waals surface area contributed by atoms with Crippen molar-refractivity contribution in [2.45, 2.75) is 38.3 Å². The number of anilines is 1. The smallest absolute Gasteiger partial charge is 0.300 e. The van der Waals surface area contributed by atoms with Gasteiger partial charge in [-0.15, -0.1) is 10.2 Å². The monoisotopic (exact) mass is 355 g/mol. The minimum atomic E-state index is -4.34. The van der Waals surface area contributed by atoms with Crippen molar-refractivity contribution in [2.24, 2.45) is 5.92 Å². The molecule has 1 aromatic carbocycles. The van der Waals surface area contributed by atoms with Gasteiger partial charge in [0.05, 0.1) is 5.56 Å². The van der Waals surface area contributed by atoms with Crippen molar-refractivity contribution in [1.82, 2.24) is 10.2 Å².